The molecular weight excluding hydrogens is 306 g/mol. The number of carbonyl (C=O) groups excluding carboxylic acids is 3. The Balaban J connectivity index is 1.59. The molecule has 1 N–H and O–H groups in total. The van der Waals surface area contributed by atoms with E-state index in [-0.39, 0.29) is 24.4 Å². The summed E-state index contributed by atoms with van der Waals surface area (Å²) in [4.78, 5) is 39.3. The van der Waals surface area contributed by atoms with Gasteiger partial charge in [0, 0.05) is 18.7 Å². The van der Waals surface area contributed by atoms with Crippen LogP contribution >= 0.6 is 0 Å². The maximum Gasteiger partial charge on any atom is 0.332 e. The largest absolute Gasteiger partial charge is 0.348 e. The molecule has 0 spiro atoms. The molecule has 4 rings (SSSR count). The van der Waals surface area contributed by atoms with E-state index < -0.39 is 0 Å². The molecule has 0 aliphatic carbocycles. The highest BCUT2D eigenvalue weighted by molar-refractivity contribution is 6.20. The molecule has 2 heterocycles. The summed E-state index contributed by atoms with van der Waals surface area (Å²) in [6, 6.07) is 14.3. The smallest absolute Gasteiger partial charge is 0.332 e. The minimum Gasteiger partial charge on any atom is -0.348 e. The molecule has 4 amide bonds. The Bertz CT molecular complexity index is 848. The number of carbonyl (C=O) groups is 3. The number of hydrogen-bond acceptors (Lipinski definition) is 3. The SMILES string of the molecule is O=C1NCc2cc(N3C(=O)CN(Cc4ccccc4)C3=O)ccc21. The van der Waals surface area contributed by atoms with Gasteiger partial charge < -0.3 is 10.2 Å². The van der Waals surface area contributed by atoms with E-state index in [0.717, 1.165) is 11.1 Å². The van der Waals surface area contributed by atoms with Crippen molar-refractivity contribution in [1.29, 1.82) is 0 Å². The molecule has 6 nitrogen and oxygen atoms in total. The maximum absolute atomic E-state index is 12.6. The molecule has 2 aliphatic heterocycles. The van der Waals surface area contributed by atoms with E-state index in [4.69, 9.17) is 0 Å². The Labute approximate surface area is 138 Å². The molecule has 0 bridgehead atoms. The van der Waals surface area contributed by atoms with Crippen LogP contribution in [0.25, 0.3) is 0 Å². The van der Waals surface area contributed by atoms with E-state index in [9.17, 15) is 14.4 Å². The average Bonchev–Trinajstić information content (AvgIpc) is 3.08. The number of hydrogen-bond donors (Lipinski definition) is 1. The van der Waals surface area contributed by atoms with Crippen molar-refractivity contribution in [3.63, 3.8) is 0 Å². The first-order valence-corrected chi connectivity index (χ1v) is 7.70. The molecule has 0 saturated carbocycles. The van der Waals surface area contributed by atoms with Crippen LogP contribution in [0.4, 0.5) is 10.5 Å². The molecule has 1 fully saturated rings. The zero-order valence-electron chi connectivity index (χ0n) is 12.9. The second-order valence-electron chi connectivity index (χ2n) is 5.88. The predicted octanol–water partition coefficient (Wildman–Crippen LogP) is 1.90. The third-order valence-electron chi connectivity index (χ3n) is 4.28. The average molecular weight is 321 g/mol. The highest BCUT2D eigenvalue weighted by atomic mass is 16.2. The van der Waals surface area contributed by atoms with Gasteiger partial charge in [-0.15, -0.1) is 0 Å². The molecular formula is C18H15N3O3. The van der Waals surface area contributed by atoms with Crippen molar-refractivity contribution in [3.8, 4) is 0 Å². The van der Waals surface area contributed by atoms with Gasteiger partial charge in [0.1, 0.15) is 6.54 Å². The molecule has 6 heteroatoms. The van der Waals surface area contributed by atoms with Crippen LogP contribution in [-0.4, -0.2) is 29.3 Å². The van der Waals surface area contributed by atoms with Crippen molar-refractivity contribution < 1.29 is 14.4 Å². The summed E-state index contributed by atoms with van der Waals surface area (Å²) in [5, 5.41) is 2.73. The number of imide groups is 1. The number of benzene rings is 2. The molecule has 1 saturated heterocycles. The van der Waals surface area contributed by atoms with E-state index in [0.29, 0.717) is 24.3 Å². The van der Waals surface area contributed by atoms with Crippen LogP contribution in [0.1, 0.15) is 21.5 Å². The second kappa shape index (κ2) is 5.49. The Morgan fingerprint density at radius 1 is 1.00 bits per heavy atom. The Morgan fingerprint density at radius 3 is 2.58 bits per heavy atom. The normalized spacial score (nSPS) is 16.6. The van der Waals surface area contributed by atoms with Crippen LogP contribution in [0.15, 0.2) is 48.5 Å². The first-order valence-electron chi connectivity index (χ1n) is 7.70. The molecule has 0 unspecified atom stereocenters. The van der Waals surface area contributed by atoms with E-state index in [1.165, 1.54) is 9.80 Å². The minimum atomic E-state index is -0.332. The quantitative estimate of drug-likeness (QED) is 0.878. The van der Waals surface area contributed by atoms with Crippen molar-refractivity contribution >= 4 is 23.5 Å². The number of nitrogens with one attached hydrogen (secondary N) is 1. The molecule has 0 aromatic heterocycles. The Hall–Kier alpha value is -3.15. The third kappa shape index (κ3) is 2.32. The summed E-state index contributed by atoms with van der Waals surface area (Å²) in [6.45, 7) is 0.876. The van der Waals surface area contributed by atoms with Gasteiger partial charge in [-0.1, -0.05) is 30.3 Å². The maximum atomic E-state index is 12.6. The first-order chi connectivity index (χ1) is 11.6. The minimum absolute atomic E-state index is 0.0575. The highest BCUT2D eigenvalue weighted by Gasteiger charge is 2.37. The summed E-state index contributed by atoms with van der Waals surface area (Å²) < 4.78 is 0. The van der Waals surface area contributed by atoms with Gasteiger partial charge in [0.05, 0.1) is 5.69 Å². The van der Waals surface area contributed by atoms with Crippen LogP contribution in [0, 0.1) is 0 Å². The van der Waals surface area contributed by atoms with Gasteiger partial charge in [-0.3, -0.25) is 9.59 Å². The van der Waals surface area contributed by atoms with Crippen molar-refractivity contribution in [2.75, 3.05) is 11.4 Å². The number of nitrogens with zero attached hydrogens (tertiary/aromatic N) is 2. The lowest BCUT2D eigenvalue weighted by atomic mass is 10.1. The molecule has 2 aromatic carbocycles. The van der Waals surface area contributed by atoms with Crippen LogP contribution in [-0.2, 0) is 17.9 Å². The number of urea groups is 1. The summed E-state index contributed by atoms with van der Waals surface area (Å²) in [5.41, 5.74) is 2.89. The third-order valence-corrected chi connectivity index (χ3v) is 4.28. The standard InChI is InChI=1S/C18H15N3O3/c22-16-11-20(10-12-4-2-1-3-5-12)18(24)21(16)14-6-7-15-13(8-14)9-19-17(15)23/h1-8H,9-11H2,(H,19,23). The molecule has 2 aliphatic rings. The summed E-state index contributed by atoms with van der Waals surface area (Å²) in [7, 11) is 0. The fraction of sp³-hybridized carbons (Fsp3) is 0.167. The van der Waals surface area contributed by atoms with Gasteiger partial charge >= 0.3 is 6.03 Å². The fourth-order valence-corrected chi connectivity index (χ4v) is 3.09. The zero-order valence-corrected chi connectivity index (χ0v) is 12.9. The monoisotopic (exact) mass is 321 g/mol. The van der Waals surface area contributed by atoms with Gasteiger partial charge in [-0.25, -0.2) is 9.69 Å². The number of amides is 4. The zero-order chi connectivity index (χ0) is 16.7. The van der Waals surface area contributed by atoms with Crippen molar-refractivity contribution in [2.45, 2.75) is 13.1 Å². The van der Waals surface area contributed by atoms with Gasteiger partial charge in [-0.2, -0.15) is 0 Å². The van der Waals surface area contributed by atoms with Crippen LogP contribution in [0.5, 0.6) is 0 Å². The Kier molecular flexibility index (Phi) is 3.30. The fourth-order valence-electron chi connectivity index (χ4n) is 3.09. The number of fused-ring (bicyclic) bond motifs is 1. The molecule has 0 radical (unpaired) electrons. The van der Waals surface area contributed by atoms with Gasteiger partial charge in [0.15, 0.2) is 0 Å². The Morgan fingerprint density at radius 2 is 1.79 bits per heavy atom. The predicted molar refractivity (Wildman–Crippen MR) is 87.3 cm³/mol. The molecule has 120 valence electrons. The lowest BCUT2D eigenvalue weighted by molar-refractivity contribution is -0.116. The molecule has 24 heavy (non-hydrogen) atoms. The van der Waals surface area contributed by atoms with Crippen LogP contribution < -0.4 is 10.2 Å². The van der Waals surface area contributed by atoms with E-state index in [2.05, 4.69) is 5.32 Å². The van der Waals surface area contributed by atoms with Gasteiger partial charge in [0.2, 0.25) is 0 Å². The van der Waals surface area contributed by atoms with Crippen molar-refractivity contribution in [1.82, 2.24) is 10.2 Å². The highest BCUT2D eigenvalue weighted by Crippen LogP contribution is 2.27. The second-order valence-corrected chi connectivity index (χ2v) is 5.88. The lowest BCUT2D eigenvalue weighted by Crippen LogP contribution is -2.32. The summed E-state index contributed by atoms with van der Waals surface area (Å²) >= 11 is 0. The van der Waals surface area contributed by atoms with Crippen molar-refractivity contribution in [3.05, 3.63) is 65.2 Å². The van der Waals surface area contributed by atoms with Gasteiger partial charge in [0.25, 0.3) is 11.8 Å². The first kappa shape index (κ1) is 14.4. The van der Waals surface area contributed by atoms with Crippen LogP contribution in [0.2, 0.25) is 0 Å². The van der Waals surface area contributed by atoms with Gasteiger partial charge in [-0.05, 0) is 29.3 Å². The van der Waals surface area contributed by atoms with E-state index in [1.54, 1.807) is 18.2 Å². The summed E-state index contributed by atoms with van der Waals surface area (Å²) in [6.07, 6.45) is 0. The topological polar surface area (TPSA) is 69.7 Å². The number of anilines is 1. The van der Waals surface area contributed by atoms with E-state index >= 15 is 0 Å². The summed E-state index contributed by atoms with van der Waals surface area (Å²) in [5.74, 6) is -0.380. The number of rotatable bonds is 3. The lowest BCUT2D eigenvalue weighted by Gasteiger charge is -2.17. The van der Waals surface area contributed by atoms with Crippen molar-refractivity contribution in [2.24, 2.45) is 0 Å². The molecule has 2 aromatic rings. The van der Waals surface area contributed by atoms with E-state index in [1.807, 2.05) is 30.3 Å². The molecule has 0 atom stereocenters. The van der Waals surface area contributed by atoms with Crippen LogP contribution in [0.3, 0.4) is 0 Å².